The first kappa shape index (κ1) is 22.3. The van der Waals surface area contributed by atoms with E-state index in [0.29, 0.717) is 11.4 Å². The zero-order valence-corrected chi connectivity index (χ0v) is 19.0. The van der Waals surface area contributed by atoms with E-state index in [0.717, 1.165) is 36.8 Å². The first-order chi connectivity index (χ1) is 15.2. The number of nitrogens with zero attached hydrogens (tertiary/aromatic N) is 1. The predicted octanol–water partition coefficient (Wildman–Crippen LogP) is 2.89. The zero-order chi connectivity index (χ0) is 22.9. The standard InChI is InChI=1S/C23H27N3O5S/c1-15-9-16(2)11-18(10-15)24-22(27)13-26-20-12-19(7-8-21(20)31-14-23(26)28)32(29,30)25-17-5-3-4-6-17/h7-12,17,25H,3-6,13-14H2,1-2H3,(H,24,27). The number of carbonyl (C=O) groups is 2. The highest BCUT2D eigenvalue weighted by Gasteiger charge is 2.30. The zero-order valence-electron chi connectivity index (χ0n) is 18.2. The molecule has 2 aliphatic rings. The molecule has 0 bridgehead atoms. The molecule has 1 heterocycles. The van der Waals surface area contributed by atoms with Crippen molar-refractivity contribution in [3.05, 3.63) is 47.5 Å². The normalized spacial score (nSPS) is 16.6. The van der Waals surface area contributed by atoms with Crippen molar-refractivity contribution < 1.29 is 22.7 Å². The molecule has 8 nitrogen and oxygen atoms in total. The lowest BCUT2D eigenvalue weighted by Crippen LogP contribution is -2.43. The fourth-order valence-corrected chi connectivity index (χ4v) is 5.57. The molecule has 2 amide bonds. The van der Waals surface area contributed by atoms with Gasteiger partial charge in [0.25, 0.3) is 5.91 Å². The molecule has 0 unspecified atom stereocenters. The average Bonchev–Trinajstić information content (AvgIpc) is 3.21. The Bertz CT molecular complexity index is 1140. The van der Waals surface area contributed by atoms with E-state index < -0.39 is 15.9 Å². The van der Waals surface area contributed by atoms with Gasteiger partial charge in [0, 0.05) is 11.7 Å². The number of sulfonamides is 1. The molecular weight excluding hydrogens is 430 g/mol. The molecule has 0 aromatic heterocycles. The van der Waals surface area contributed by atoms with E-state index in [1.807, 2.05) is 32.0 Å². The van der Waals surface area contributed by atoms with E-state index in [9.17, 15) is 18.0 Å². The first-order valence-corrected chi connectivity index (χ1v) is 12.2. The smallest absolute Gasteiger partial charge is 0.265 e. The quantitative estimate of drug-likeness (QED) is 0.694. The molecule has 1 aliphatic heterocycles. The second-order valence-corrected chi connectivity index (χ2v) is 10.1. The second-order valence-electron chi connectivity index (χ2n) is 8.43. The summed E-state index contributed by atoms with van der Waals surface area (Å²) < 4.78 is 33.9. The van der Waals surface area contributed by atoms with Gasteiger partial charge in [0.05, 0.1) is 10.6 Å². The van der Waals surface area contributed by atoms with Crippen LogP contribution in [0.5, 0.6) is 5.75 Å². The maximum absolute atomic E-state index is 12.9. The highest BCUT2D eigenvalue weighted by atomic mass is 32.2. The molecule has 9 heteroatoms. The molecule has 32 heavy (non-hydrogen) atoms. The van der Waals surface area contributed by atoms with Crippen molar-refractivity contribution >= 4 is 33.2 Å². The van der Waals surface area contributed by atoms with Gasteiger partial charge in [-0.3, -0.25) is 14.5 Å². The number of aryl methyl sites for hydroxylation is 2. The van der Waals surface area contributed by atoms with Gasteiger partial charge in [0.15, 0.2) is 6.61 Å². The molecule has 2 aromatic rings. The summed E-state index contributed by atoms with van der Waals surface area (Å²) in [6.07, 6.45) is 3.64. The van der Waals surface area contributed by atoms with E-state index in [1.54, 1.807) is 0 Å². The van der Waals surface area contributed by atoms with Crippen LogP contribution in [0.1, 0.15) is 36.8 Å². The molecule has 0 saturated heterocycles. The number of nitrogens with one attached hydrogen (secondary N) is 2. The highest BCUT2D eigenvalue weighted by Crippen LogP contribution is 2.34. The Labute approximate surface area is 188 Å². The number of fused-ring (bicyclic) bond motifs is 1. The topological polar surface area (TPSA) is 105 Å². The number of rotatable bonds is 6. The molecule has 170 valence electrons. The van der Waals surface area contributed by atoms with Crippen LogP contribution in [0, 0.1) is 13.8 Å². The summed E-state index contributed by atoms with van der Waals surface area (Å²) in [5.41, 5.74) is 2.94. The van der Waals surface area contributed by atoms with Gasteiger partial charge in [-0.25, -0.2) is 13.1 Å². The van der Waals surface area contributed by atoms with Crippen molar-refractivity contribution in [2.45, 2.75) is 50.5 Å². The van der Waals surface area contributed by atoms with Crippen molar-refractivity contribution in [1.29, 1.82) is 0 Å². The number of hydrogen-bond donors (Lipinski definition) is 2. The minimum absolute atomic E-state index is 0.0427. The summed E-state index contributed by atoms with van der Waals surface area (Å²) in [5, 5.41) is 2.81. The minimum atomic E-state index is -3.75. The largest absolute Gasteiger partial charge is 0.482 e. The third-order valence-corrected chi connectivity index (χ3v) is 7.19. The molecule has 1 saturated carbocycles. The third kappa shape index (κ3) is 4.94. The number of hydrogen-bond acceptors (Lipinski definition) is 5. The van der Waals surface area contributed by atoms with Crippen molar-refractivity contribution in [2.24, 2.45) is 0 Å². The third-order valence-electron chi connectivity index (χ3n) is 5.67. The van der Waals surface area contributed by atoms with E-state index in [-0.39, 0.29) is 35.7 Å². The van der Waals surface area contributed by atoms with Gasteiger partial charge < -0.3 is 10.1 Å². The first-order valence-electron chi connectivity index (χ1n) is 10.7. The van der Waals surface area contributed by atoms with Gasteiger partial charge in [-0.15, -0.1) is 0 Å². The van der Waals surface area contributed by atoms with Crippen molar-refractivity contribution in [2.75, 3.05) is 23.4 Å². The number of amides is 2. The van der Waals surface area contributed by atoms with E-state index in [4.69, 9.17) is 4.74 Å². The van der Waals surface area contributed by atoms with Gasteiger partial charge >= 0.3 is 0 Å². The average molecular weight is 458 g/mol. The summed E-state index contributed by atoms with van der Waals surface area (Å²) in [6.45, 7) is 3.41. The minimum Gasteiger partial charge on any atom is -0.482 e. The SMILES string of the molecule is Cc1cc(C)cc(NC(=O)CN2C(=O)COc3ccc(S(=O)(=O)NC4CCCC4)cc32)c1. The monoisotopic (exact) mass is 457 g/mol. The van der Waals surface area contributed by atoms with Crippen LogP contribution in [0.25, 0.3) is 0 Å². The molecule has 2 aromatic carbocycles. The van der Waals surface area contributed by atoms with Gasteiger partial charge in [-0.1, -0.05) is 18.9 Å². The highest BCUT2D eigenvalue weighted by molar-refractivity contribution is 7.89. The maximum Gasteiger partial charge on any atom is 0.265 e. The predicted molar refractivity (Wildman–Crippen MR) is 121 cm³/mol. The van der Waals surface area contributed by atoms with Crippen LogP contribution in [-0.2, 0) is 19.6 Å². The molecular formula is C23H27N3O5S. The van der Waals surface area contributed by atoms with Crippen LogP contribution >= 0.6 is 0 Å². The van der Waals surface area contributed by atoms with Gasteiger partial charge in [0.1, 0.15) is 12.3 Å². The fourth-order valence-electron chi connectivity index (χ4n) is 4.24. The fraction of sp³-hybridized carbons (Fsp3) is 0.391. The molecule has 0 atom stereocenters. The van der Waals surface area contributed by atoms with Crippen molar-refractivity contribution in [3.63, 3.8) is 0 Å². The number of ether oxygens (including phenoxy) is 1. The van der Waals surface area contributed by atoms with E-state index in [2.05, 4.69) is 10.0 Å². The summed E-state index contributed by atoms with van der Waals surface area (Å²) in [6, 6.07) is 10.00. The molecule has 0 radical (unpaired) electrons. The van der Waals surface area contributed by atoms with E-state index in [1.165, 1.54) is 23.1 Å². The summed E-state index contributed by atoms with van der Waals surface area (Å²) in [7, 11) is -3.75. The van der Waals surface area contributed by atoms with Gasteiger partial charge in [-0.2, -0.15) is 0 Å². The van der Waals surface area contributed by atoms with Gasteiger partial charge in [0.2, 0.25) is 15.9 Å². The van der Waals surface area contributed by atoms with Crippen LogP contribution in [-0.4, -0.2) is 39.4 Å². The van der Waals surface area contributed by atoms with Crippen LogP contribution in [0.4, 0.5) is 11.4 Å². The second kappa shape index (κ2) is 8.91. The van der Waals surface area contributed by atoms with Crippen LogP contribution in [0.15, 0.2) is 41.3 Å². The van der Waals surface area contributed by atoms with Gasteiger partial charge in [-0.05, 0) is 68.1 Å². The Kier molecular flexibility index (Phi) is 6.21. The molecule has 1 aliphatic carbocycles. The number of carbonyl (C=O) groups excluding carboxylic acids is 2. The maximum atomic E-state index is 12.9. The molecule has 2 N–H and O–H groups in total. The van der Waals surface area contributed by atoms with Crippen LogP contribution in [0.3, 0.4) is 0 Å². The Morgan fingerprint density at radius 3 is 2.47 bits per heavy atom. The van der Waals surface area contributed by atoms with Crippen molar-refractivity contribution in [1.82, 2.24) is 4.72 Å². The summed E-state index contributed by atoms with van der Waals surface area (Å²) in [4.78, 5) is 26.6. The van der Waals surface area contributed by atoms with Crippen molar-refractivity contribution in [3.8, 4) is 5.75 Å². The molecule has 1 fully saturated rings. The Balaban J connectivity index is 1.56. The van der Waals surface area contributed by atoms with Crippen LogP contribution < -0.4 is 19.7 Å². The summed E-state index contributed by atoms with van der Waals surface area (Å²) in [5.74, 6) is -0.427. The Morgan fingerprint density at radius 1 is 1.09 bits per heavy atom. The van der Waals surface area contributed by atoms with E-state index >= 15 is 0 Å². The summed E-state index contributed by atoms with van der Waals surface area (Å²) >= 11 is 0. The Hall–Kier alpha value is -2.91. The number of benzene rings is 2. The van der Waals surface area contributed by atoms with Crippen LogP contribution in [0.2, 0.25) is 0 Å². The molecule has 0 spiro atoms. The molecule has 4 rings (SSSR count). The Morgan fingerprint density at radius 2 is 1.78 bits per heavy atom. The number of anilines is 2. The lowest BCUT2D eigenvalue weighted by Gasteiger charge is -2.29. The lowest BCUT2D eigenvalue weighted by molar-refractivity contribution is -0.123. The lowest BCUT2D eigenvalue weighted by atomic mass is 10.1.